The minimum atomic E-state index is -0.337. The van der Waals surface area contributed by atoms with Crippen molar-refractivity contribution < 1.29 is 9.53 Å². The van der Waals surface area contributed by atoms with Gasteiger partial charge in [0, 0.05) is 25.3 Å². The molecular formula is C30H39N3O2. The van der Waals surface area contributed by atoms with Crippen molar-refractivity contribution in [2.45, 2.75) is 65.0 Å². The van der Waals surface area contributed by atoms with Crippen LogP contribution in [-0.4, -0.2) is 35.7 Å². The zero-order valence-electron chi connectivity index (χ0n) is 21.8. The second kappa shape index (κ2) is 9.67. The lowest BCUT2D eigenvalue weighted by Crippen LogP contribution is -2.38. The van der Waals surface area contributed by atoms with E-state index in [9.17, 15) is 4.79 Å². The minimum Gasteiger partial charge on any atom is -0.461 e. The van der Waals surface area contributed by atoms with E-state index < -0.39 is 0 Å². The van der Waals surface area contributed by atoms with E-state index in [1.165, 1.54) is 6.42 Å². The molecular weight excluding hydrogens is 434 g/mol. The lowest BCUT2D eigenvalue weighted by molar-refractivity contribution is -0.160. The van der Waals surface area contributed by atoms with E-state index >= 15 is 0 Å². The topological polar surface area (TPSA) is 47.4 Å². The Labute approximate surface area is 209 Å². The molecule has 0 bridgehead atoms. The molecule has 5 heteroatoms. The lowest BCUT2D eigenvalue weighted by atomic mass is 9.75. The van der Waals surface area contributed by atoms with Crippen molar-refractivity contribution >= 4 is 22.7 Å². The zero-order chi connectivity index (χ0) is 24.7. The SMILES string of the molecule is CC(C)[C@@H]1CC[C@@H](C)C[C@H]1OC(=O)[C@@H](C1CC1)n1c(-c2ccc(N(C)C)cc2)nc2ccccc21. The Morgan fingerprint density at radius 3 is 2.40 bits per heavy atom. The third-order valence-electron chi connectivity index (χ3n) is 8.05. The Morgan fingerprint density at radius 2 is 1.74 bits per heavy atom. The number of rotatable bonds is 7. The number of para-hydroxylation sites is 2. The molecule has 2 fully saturated rings. The summed E-state index contributed by atoms with van der Waals surface area (Å²) in [4.78, 5) is 21.1. The quantitative estimate of drug-likeness (QED) is 0.357. The Morgan fingerprint density at radius 1 is 1.03 bits per heavy atom. The molecule has 2 aliphatic rings. The highest BCUT2D eigenvalue weighted by Crippen LogP contribution is 2.45. The first-order valence-corrected chi connectivity index (χ1v) is 13.3. The first-order valence-electron chi connectivity index (χ1n) is 13.3. The summed E-state index contributed by atoms with van der Waals surface area (Å²) in [7, 11) is 4.08. The summed E-state index contributed by atoms with van der Waals surface area (Å²) in [6, 6.07) is 16.3. The average Bonchev–Trinajstić information content (AvgIpc) is 3.59. The maximum absolute atomic E-state index is 14.0. The van der Waals surface area contributed by atoms with Gasteiger partial charge in [-0.1, -0.05) is 39.3 Å². The molecule has 2 aromatic carbocycles. The summed E-state index contributed by atoms with van der Waals surface area (Å²) in [6.45, 7) is 6.81. The van der Waals surface area contributed by atoms with Gasteiger partial charge in [0.2, 0.25) is 0 Å². The summed E-state index contributed by atoms with van der Waals surface area (Å²) in [5, 5.41) is 0. The highest BCUT2D eigenvalue weighted by Gasteiger charge is 2.43. The van der Waals surface area contributed by atoms with E-state index in [-0.39, 0.29) is 18.1 Å². The van der Waals surface area contributed by atoms with Crippen molar-refractivity contribution in [3.05, 3.63) is 48.5 Å². The van der Waals surface area contributed by atoms with Crippen molar-refractivity contribution in [3.63, 3.8) is 0 Å². The zero-order valence-corrected chi connectivity index (χ0v) is 21.8. The highest BCUT2D eigenvalue weighted by atomic mass is 16.5. The van der Waals surface area contributed by atoms with Crippen LogP contribution in [0.2, 0.25) is 0 Å². The van der Waals surface area contributed by atoms with E-state index in [1.54, 1.807) is 0 Å². The number of esters is 1. The fraction of sp³-hybridized carbons (Fsp3) is 0.533. The van der Waals surface area contributed by atoms with Crippen molar-refractivity contribution in [2.24, 2.45) is 23.7 Å². The molecule has 0 radical (unpaired) electrons. The van der Waals surface area contributed by atoms with Crippen LogP contribution in [0.15, 0.2) is 48.5 Å². The van der Waals surface area contributed by atoms with E-state index in [1.807, 2.05) is 32.3 Å². The molecule has 5 nitrogen and oxygen atoms in total. The number of anilines is 1. The number of carbonyl (C=O) groups is 1. The van der Waals surface area contributed by atoms with Crippen LogP contribution in [0, 0.1) is 23.7 Å². The molecule has 2 aliphatic carbocycles. The van der Waals surface area contributed by atoms with Gasteiger partial charge < -0.3 is 14.2 Å². The van der Waals surface area contributed by atoms with Crippen molar-refractivity contribution in [3.8, 4) is 11.4 Å². The minimum absolute atomic E-state index is 0.00473. The molecule has 1 heterocycles. The largest absolute Gasteiger partial charge is 0.461 e. The summed E-state index contributed by atoms with van der Waals surface area (Å²) < 4.78 is 8.60. The smallest absolute Gasteiger partial charge is 0.329 e. The summed E-state index contributed by atoms with van der Waals surface area (Å²) in [5.41, 5.74) is 4.09. The van der Waals surface area contributed by atoms with Gasteiger partial charge >= 0.3 is 5.97 Å². The molecule has 4 atom stereocenters. The van der Waals surface area contributed by atoms with Crippen LogP contribution in [0.1, 0.15) is 58.9 Å². The van der Waals surface area contributed by atoms with Crippen LogP contribution in [0.4, 0.5) is 5.69 Å². The fourth-order valence-corrected chi connectivity index (χ4v) is 5.83. The molecule has 0 saturated heterocycles. The number of nitrogens with zero attached hydrogens (tertiary/aromatic N) is 3. The second-order valence-electron chi connectivity index (χ2n) is 11.3. The van der Waals surface area contributed by atoms with Gasteiger partial charge in [-0.15, -0.1) is 0 Å². The molecule has 2 saturated carbocycles. The van der Waals surface area contributed by atoms with Gasteiger partial charge in [-0.3, -0.25) is 0 Å². The van der Waals surface area contributed by atoms with E-state index in [4.69, 9.17) is 9.72 Å². The number of hydrogen-bond acceptors (Lipinski definition) is 4. The molecule has 5 rings (SSSR count). The monoisotopic (exact) mass is 473 g/mol. The van der Waals surface area contributed by atoms with Gasteiger partial charge in [-0.25, -0.2) is 9.78 Å². The van der Waals surface area contributed by atoms with Gasteiger partial charge in [-0.2, -0.15) is 0 Å². The molecule has 1 aromatic heterocycles. The Balaban J connectivity index is 1.54. The van der Waals surface area contributed by atoms with Crippen molar-refractivity contribution in [1.29, 1.82) is 0 Å². The maximum atomic E-state index is 14.0. The number of hydrogen-bond donors (Lipinski definition) is 0. The second-order valence-corrected chi connectivity index (χ2v) is 11.3. The highest BCUT2D eigenvalue weighted by molar-refractivity contribution is 5.85. The predicted octanol–water partition coefficient (Wildman–Crippen LogP) is 6.72. The Bertz CT molecular complexity index is 1180. The first kappa shape index (κ1) is 23.9. The van der Waals surface area contributed by atoms with Crippen LogP contribution in [0.3, 0.4) is 0 Å². The van der Waals surface area contributed by atoms with E-state index in [0.717, 1.165) is 53.8 Å². The number of aromatic nitrogens is 2. The molecule has 3 aromatic rings. The van der Waals surface area contributed by atoms with Crippen molar-refractivity contribution in [2.75, 3.05) is 19.0 Å². The van der Waals surface area contributed by atoms with Gasteiger partial charge in [0.25, 0.3) is 0 Å². The molecule has 0 spiro atoms. The van der Waals surface area contributed by atoms with Crippen LogP contribution in [0.5, 0.6) is 0 Å². The normalized spacial score (nSPS) is 23.4. The lowest BCUT2D eigenvalue weighted by Gasteiger charge is -2.37. The summed E-state index contributed by atoms with van der Waals surface area (Å²) in [6.07, 6.45) is 5.45. The van der Waals surface area contributed by atoms with Gasteiger partial charge in [0.15, 0.2) is 0 Å². The Kier molecular flexibility index (Phi) is 6.61. The fourth-order valence-electron chi connectivity index (χ4n) is 5.83. The van der Waals surface area contributed by atoms with Crippen molar-refractivity contribution in [1.82, 2.24) is 9.55 Å². The molecule has 0 amide bonds. The van der Waals surface area contributed by atoms with Gasteiger partial charge in [-0.05, 0) is 85.8 Å². The number of carbonyl (C=O) groups excluding carboxylic acids is 1. The number of fused-ring (bicyclic) bond motifs is 1. The number of imidazole rings is 1. The van der Waals surface area contributed by atoms with E-state index in [0.29, 0.717) is 23.7 Å². The third-order valence-corrected chi connectivity index (χ3v) is 8.05. The molecule has 186 valence electrons. The van der Waals surface area contributed by atoms with Crippen LogP contribution in [0.25, 0.3) is 22.4 Å². The van der Waals surface area contributed by atoms with Crippen LogP contribution < -0.4 is 4.90 Å². The third kappa shape index (κ3) is 4.82. The molecule has 0 unspecified atom stereocenters. The first-order chi connectivity index (χ1) is 16.8. The van der Waals surface area contributed by atoms with E-state index in [2.05, 4.69) is 60.6 Å². The molecule has 0 aliphatic heterocycles. The Hall–Kier alpha value is -2.82. The van der Waals surface area contributed by atoms with Gasteiger partial charge in [0.1, 0.15) is 18.0 Å². The average molecular weight is 474 g/mol. The summed E-state index contributed by atoms with van der Waals surface area (Å²) in [5.74, 6) is 2.63. The predicted molar refractivity (Wildman–Crippen MR) is 142 cm³/mol. The molecule has 0 N–H and O–H groups in total. The number of ether oxygens (including phenoxy) is 1. The van der Waals surface area contributed by atoms with Crippen LogP contribution in [-0.2, 0) is 9.53 Å². The maximum Gasteiger partial charge on any atom is 0.329 e. The van der Waals surface area contributed by atoms with Crippen LogP contribution >= 0.6 is 0 Å². The summed E-state index contributed by atoms with van der Waals surface area (Å²) >= 11 is 0. The number of benzene rings is 2. The standard InChI is InChI=1S/C30H39N3O2/c1-19(2)24-17-10-20(3)18-27(24)35-30(34)28(21-11-12-21)33-26-9-7-6-8-25(26)31-29(33)22-13-15-23(16-14-22)32(4)5/h6-9,13-16,19-21,24,27-28H,10-12,17-18H2,1-5H3/t20-,24+,27-,28-/m1/s1. The molecule has 35 heavy (non-hydrogen) atoms. The van der Waals surface area contributed by atoms with Gasteiger partial charge in [0.05, 0.1) is 11.0 Å².